The van der Waals surface area contributed by atoms with Gasteiger partial charge in [0.1, 0.15) is 5.03 Å². The van der Waals surface area contributed by atoms with Crippen molar-refractivity contribution in [2.45, 2.75) is 24.0 Å². The SMILES string of the molecule is O=C(CSc1ccc(-c2ccc3c(c2)OCO3)nn1)NC[C@@H]1CCCO1. The molecule has 0 aliphatic carbocycles. The van der Waals surface area contributed by atoms with Crippen LogP contribution in [0.2, 0.25) is 0 Å². The molecule has 0 unspecified atom stereocenters. The summed E-state index contributed by atoms with van der Waals surface area (Å²) in [5.74, 6) is 1.74. The van der Waals surface area contributed by atoms with Gasteiger partial charge in [-0.3, -0.25) is 4.79 Å². The highest BCUT2D eigenvalue weighted by atomic mass is 32.2. The number of fused-ring (bicyclic) bond motifs is 1. The van der Waals surface area contributed by atoms with Crippen molar-refractivity contribution in [1.29, 1.82) is 0 Å². The normalized spacial score (nSPS) is 18.1. The van der Waals surface area contributed by atoms with E-state index in [4.69, 9.17) is 14.2 Å². The maximum absolute atomic E-state index is 11.9. The number of nitrogens with zero attached hydrogens (tertiary/aromatic N) is 2. The highest BCUT2D eigenvalue weighted by Gasteiger charge is 2.17. The Bertz CT molecular complexity index is 779. The molecule has 3 heterocycles. The number of nitrogens with one attached hydrogen (secondary N) is 1. The van der Waals surface area contributed by atoms with Crippen LogP contribution in [0.4, 0.5) is 0 Å². The van der Waals surface area contributed by atoms with Crippen molar-refractivity contribution >= 4 is 17.7 Å². The molecule has 136 valence electrons. The highest BCUT2D eigenvalue weighted by molar-refractivity contribution is 7.99. The third kappa shape index (κ3) is 4.08. The number of benzene rings is 1. The number of hydrogen-bond acceptors (Lipinski definition) is 7. The van der Waals surface area contributed by atoms with Crippen LogP contribution in [-0.4, -0.2) is 47.9 Å². The number of amides is 1. The summed E-state index contributed by atoms with van der Waals surface area (Å²) in [6.45, 7) is 1.61. The number of carbonyl (C=O) groups excluding carboxylic acids is 1. The summed E-state index contributed by atoms with van der Waals surface area (Å²) in [4.78, 5) is 11.9. The summed E-state index contributed by atoms with van der Waals surface area (Å²) in [5.41, 5.74) is 1.66. The van der Waals surface area contributed by atoms with Crippen LogP contribution in [-0.2, 0) is 9.53 Å². The minimum absolute atomic E-state index is 0.0212. The van der Waals surface area contributed by atoms with Crippen molar-refractivity contribution in [3.8, 4) is 22.8 Å². The van der Waals surface area contributed by atoms with E-state index in [9.17, 15) is 4.79 Å². The molecule has 2 aliphatic heterocycles. The molecular formula is C18H19N3O4S. The summed E-state index contributed by atoms with van der Waals surface area (Å²) >= 11 is 1.36. The molecule has 1 aromatic heterocycles. The number of thioether (sulfide) groups is 1. The predicted molar refractivity (Wildman–Crippen MR) is 96.3 cm³/mol. The van der Waals surface area contributed by atoms with E-state index in [2.05, 4.69) is 15.5 Å². The van der Waals surface area contributed by atoms with Gasteiger partial charge in [0.15, 0.2) is 11.5 Å². The zero-order chi connectivity index (χ0) is 17.8. The minimum Gasteiger partial charge on any atom is -0.454 e. The van der Waals surface area contributed by atoms with E-state index in [1.165, 1.54) is 11.8 Å². The number of rotatable bonds is 6. The fourth-order valence-electron chi connectivity index (χ4n) is 2.83. The lowest BCUT2D eigenvalue weighted by Crippen LogP contribution is -2.32. The molecule has 1 amide bonds. The van der Waals surface area contributed by atoms with Crippen LogP contribution >= 0.6 is 11.8 Å². The van der Waals surface area contributed by atoms with Gasteiger partial charge in [0.2, 0.25) is 12.7 Å². The van der Waals surface area contributed by atoms with Gasteiger partial charge in [0.05, 0.1) is 17.6 Å². The standard InChI is InChI=1S/C18H19N3O4S/c22-17(19-9-13-2-1-7-23-13)10-26-18-6-4-14(20-21-18)12-3-5-15-16(8-12)25-11-24-15/h3-6,8,13H,1-2,7,9-11H2,(H,19,22)/t13-/m0/s1. The maximum Gasteiger partial charge on any atom is 0.231 e. The van der Waals surface area contributed by atoms with E-state index in [0.29, 0.717) is 23.1 Å². The summed E-state index contributed by atoms with van der Waals surface area (Å²) in [6.07, 6.45) is 2.24. The molecule has 8 heteroatoms. The summed E-state index contributed by atoms with van der Waals surface area (Å²) < 4.78 is 16.2. The Hall–Kier alpha value is -2.32. The lowest BCUT2D eigenvalue weighted by Gasteiger charge is -2.10. The van der Waals surface area contributed by atoms with Gasteiger partial charge in [0.25, 0.3) is 0 Å². The Kier molecular flexibility index (Phi) is 5.21. The molecule has 0 saturated carbocycles. The smallest absolute Gasteiger partial charge is 0.231 e. The van der Waals surface area contributed by atoms with Crippen molar-refractivity contribution in [3.05, 3.63) is 30.3 Å². The van der Waals surface area contributed by atoms with Gasteiger partial charge in [-0.1, -0.05) is 11.8 Å². The minimum atomic E-state index is -0.0212. The van der Waals surface area contributed by atoms with Crippen LogP contribution in [0, 0.1) is 0 Å². The fourth-order valence-corrected chi connectivity index (χ4v) is 3.47. The third-order valence-electron chi connectivity index (χ3n) is 4.21. The lowest BCUT2D eigenvalue weighted by atomic mass is 10.1. The predicted octanol–water partition coefficient (Wildman–Crippen LogP) is 2.26. The monoisotopic (exact) mass is 373 g/mol. The number of hydrogen-bond donors (Lipinski definition) is 1. The van der Waals surface area contributed by atoms with Gasteiger partial charge in [-0.2, -0.15) is 0 Å². The molecule has 2 aromatic rings. The van der Waals surface area contributed by atoms with Crippen LogP contribution in [0.3, 0.4) is 0 Å². The first kappa shape index (κ1) is 17.1. The first-order valence-electron chi connectivity index (χ1n) is 8.53. The van der Waals surface area contributed by atoms with Gasteiger partial charge < -0.3 is 19.5 Å². The van der Waals surface area contributed by atoms with Crippen LogP contribution in [0.5, 0.6) is 11.5 Å². The van der Waals surface area contributed by atoms with Gasteiger partial charge >= 0.3 is 0 Å². The Labute approximate surface area is 155 Å². The molecular weight excluding hydrogens is 354 g/mol. The Balaban J connectivity index is 1.29. The molecule has 1 saturated heterocycles. The zero-order valence-electron chi connectivity index (χ0n) is 14.1. The van der Waals surface area contributed by atoms with Crippen molar-refractivity contribution in [2.75, 3.05) is 25.7 Å². The maximum atomic E-state index is 11.9. The zero-order valence-corrected chi connectivity index (χ0v) is 15.0. The lowest BCUT2D eigenvalue weighted by molar-refractivity contribution is -0.119. The second kappa shape index (κ2) is 7.92. The molecule has 7 nitrogen and oxygen atoms in total. The van der Waals surface area contributed by atoms with Crippen molar-refractivity contribution < 1.29 is 19.0 Å². The Morgan fingerprint density at radius 3 is 2.92 bits per heavy atom. The fraction of sp³-hybridized carbons (Fsp3) is 0.389. The quantitative estimate of drug-likeness (QED) is 0.778. The van der Waals surface area contributed by atoms with Gasteiger partial charge in [0, 0.05) is 18.7 Å². The van der Waals surface area contributed by atoms with Crippen molar-refractivity contribution in [1.82, 2.24) is 15.5 Å². The number of carbonyl (C=O) groups is 1. The molecule has 4 rings (SSSR count). The summed E-state index contributed by atoms with van der Waals surface area (Å²) in [6, 6.07) is 9.42. The first-order valence-corrected chi connectivity index (χ1v) is 9.51. The van der Waals surface area contributed by atoms with E-state index in [1.807, 2.05) is 30.3 Å². The summed E-state index contributed by atoms with van der Waals surface area (Å²) in [5, 5.41) is 12.0. The third-order valence-corrected chi connectivity index (χ3v) is 5.13. The van der Waals surface area contributed by atoms with Gasteiger partial charge in [-0.25, -0.2) is 0 Å². The van der Waals surface area contributed by atoms with E-state index in [0.717, 1.165) is 36.5 Å². The van der Waals surface area contributed by atoms with Crippen LogP contribution < -0.4 is 14.8 Å². The van der Waals surface area contributed by atoms with Gasteiger partial charge in [-0.15, -0.1) is 10.2 Å². The second-order valence-electron chi connectivity index (χ2n) is 6.05. The largest absolute Gasteiger partial charge is 0.454 e. The Morgan fingerprint density at radius 1 is 1.19 bits per heavy atom. The van der Waals surface area contributed by atoms with Gasteiger partial charge in [-0.05, 0) is 43.2 Å². The number of ether oxygens (including phenoxy) is 3. The molecule has 1 aromatic carbocycles. The van der Waals surface area contributed by atoms with Crippen LogP contribution in [0.25, 0.3) is 11.3 Å². The van der Waals surface area contributed by atoms with E-state index in [1.54, 1.807) is 0 Å². The first-order chi connectivity index (χ1) is 12.8. The average Bonchev–Trinajstić information content (AvgIpc) is 3.36. The highest BCUT2D eigenvalue weighted by Crippen LogP contribution is 2.35. The van der Waals surface area contributed by atoms with Crippen molar-refractivity contribution in [3.63, 3.8) is 0 Å². The van der Waals surface area contributed by atoms with E-state index in [-0.39, 0.29) is 18.8 Å². The van der Waals surface area contributed by atoms with Crippen LogP contribution in [0.15, 0.2) is 35.4 Å². The van der Waals surface area contributed by atoms with Crippen LogP contribution in [0.1, 0.15) is 12.8 Å². The second-order valence-corrected chi connectivity index (χ2v) is 7.05. The molecule has 0 spiro atoms. The summed E-state index contributed by atoms with van der Waals surface area (Å²) in [7, 11) is 0. The molecule has 2 aliphatic rings. The molecule has 1 atom stereocenters. The molecule has 1 fully saturated rings. The Morgan fingerprint density at radius 2 is 2.12 bits per heavy atom. The van der Waals surface area contributed by atoms with Crippen molar-refractivity contribution in [2.24, 2.45) is 0 Å². The number of aromatic nitrogens is 2. The molecule has 0 radical (unpaired) electrons. The van der Waals surface area contributed by atoms with E-state index < -0.39 is 0 Å². The van der Waals surface area contributed by atoms with E-state index >= 15 is 0 Å². The average molecular weight is 373 g/mol. The molecule has 1 N–H and O–H groups in total. The molecule has 0 bridgehead atoms. The molecule has 26 heavy (non-hydrogen) atoms. The topological polar surface area (TPSA) is 82.6 Å².